The van der Waals surface area contributed by atoms with Crippen molar-refractivity contribution in [1.82, 2.24) is 0 Å². The molecule has 0 aromatic heterocycles. The molecule has 0 radical (unpaired) electrons. The van der Waals surface area contributed by atoms with Gasteiger partial charge in [0, 0.05) is 6.07 Å². The molecule has 0 aliphatic heterocycles. The van der Waals surface area contributed by atoms with E-state index in [0.29, 0.717) is 5.75 Å². The van der Waals surface area contributed by atoms with E-state index in [4.69, 9.17) is 9.47 Å². The molecule has 0 heterocycles. The van der Waals surface area contributed by atoms with Gasteiger partial charge in [-0.25, -0.2) is 0 Å². The Morgan fingerprint density at radius 3 is 2.35 bits per heavy atom. The maximum absolute atomic E-state index is 5.71. The second-order valence-corrected chi connectivity index (χ2v) is 3.67. The van der Waals surface area contributed by atoms with Crippen LogP contribution in [0.5, 0.6) is 17.2 Å². The van der Waals surface area contributed by atoms with Crippen LogP contribution < -0.4 is 9.47 Å². The summed E-state index contributed by atoms with van der Waals surface area (Å²) in [5, 5.41) is 0. The second-order valence-electron chi connectivity index (χ2n) is 3.67. The van der Waals surface area contributed by atoms with Crippen molar-refractivity contribution >= 4 is 0 Å². The topological polar surface area (TPSA) is 18.5 Å². The van der Waals surface area contributed by atoms with Gasteiger partial charge in [-0.1, -0.05) is 30.3 Å². The summed E-state index contributed by atoms with van der Waals surface area (Å²) >= 11 is 0. The van der Waals surface area contributed by atoms with Gasteiger partial charge in [-0.05, 0) is 31.2 Å². The Balaban J connectivity index is 2.15. The van der Waals surface area contributed by atoms with Crippen LogP contribution in [0.15, 0.2) is 61.4 Å². The maximum atomic E-state index is 5.71. The van der Waals surface area contributed by atoms with Crippen LogP contribution in [-0.4, -0.2) is 0 Å². The third kappa shape index (κ3) is 3.11. The number of rotatable bonds is 4. The minimum atomic E-state index is 0.713. The Morgan fingerprint density at radius 2 is 1.65 bits per heavy atom. The Labute approximate surface area is 101 Å². The fourth-order valence-corrected chi connectivity index (χ4v) is 1.45. The molecule has 0 saturated carbocycles. The molecule has 0 saturated heterocycles. The van der Waals surface area contributed by atoms with Crippen LogP contribution >= 0.6 is 0 Å². The van der Waals surface area contributed by atoms with Crippen molar-refractivity contribution in [2.45, 2.75) is 6.92 Å². The van der Waals surface area contributed by atoms with Gasteiger partial charge in [-0.2, -0.15) is 0 Å². The van der Waals surface area contributed by atoms with Crippen LogP contribution in [-0.2, 0) is 0 Å². The highest BCUT2D eigenvalue weighted by molar-refractivity contribution is 5.37. The van der Waals surface area contributed by atoms with Crippen molar-refractivity contribution in [1.29, 1.82) is 0 Å². The first-order valence-electron chi connectivity index (χ1n) is 5.40. The van der Waals surface area contributed by atoms with Crippen LogP contribution in [0.4, 0.5) is 0 Å². The highest BCUT2D eigenvalue weighted by atomic mass is 16.5. The van der Waals surface area contributed by atoms with E-state index in [-0.39, 0.29) is 0 Å². The number of hydrogen-bond acceptors (Lipinski definition) is 2. The quantitative estimate of drug-likeness (QED) is 0.723. The molecule has 0 N–H and O–H groups in total. The van der Waals surface area contributed by atoms with E-state index in [0.717, 1.165) is 11.5 Å². The smallest absolute Gasteiger partial charge is 0.131 e. The summed E-state index contributed by atoms with van der Waals surface area (Å²) in [6, 6.07) is 15.3. The molecule has 0 amide bonds. The van der Waals surface area contributed by atoms with Crippen molar-refractivity contribution in [3.05, 3.63) is 66.9 Å². The standard InChI is InChI=1S/C15H14O2/c1-3-16-14-5-4-6-15(11-14)17-13-9-7-12(2)8-10-13/h3-11H,1H2,2H3. The van der Waals surface area contributed by atoms with Crippen LogP contribution in [0.2, 0.25) is 0 Å². The Kier molecular flexibility index (Phi) is 3.46. The largest absolute Gasteiger partial charge is 0.465 e. The molecule has 2 aromatic carbocycles. The first kappa shape index (κ1) is 11.3. The Hall–Kier alpha value is -2.22. The maximum Gasteiger partial charge on any atom is 0.131 e. The van der Waals surface area contributed by atoms with Crippen molar-refractivity contribution < 1.29 is 9.47 Å². The molecule has 2 heteroatoms. The van der Waals surface area contributed by atoms with E-state index in [9.17, 15) is 0 Å². The zero-order valence-corrected chi connectivity index (χ0v) is 9.72. The molecule has 2 nitrogen and oxygen atoms in total. The first-order chi connectivity index (χ1) is 8.28. The predicted octanol–water partition coefficient (Wildman–Crippen LogP) is 4.31. The van der Waals surface area contributed by atoms with Crippen LogP contribution in [0.1, 0.15) is 5.56 Å². The van der Waals surface area contributed by atoms with Crippen molar-refractivity contribution in [2.24, 2.45) is 0 Å². The minimum Gasteiger partial charge on any atom is -0.465 e. The lowest BCUT2D eigenvalue weighted by molar-refractivity contribution is 0.460. The van der Waals surface area contributed by atoms with Crippen molar-refractivity contribution in [3.63, 3.8) is 0 Å². The summed E-state index contributed by atoms with van der Waals surface area (Å²) in [4.78, 5) is 0. The van der Waals surface area contributed by atoms with E-state index in [1.54, 1.807) is 0 Å². The fourth-order valence-electron chi connectivity index (χ4n) is 1.45. The molecule has 86 valence electrons. The summed E-state index contributed by atoms with van der Waals surface area (Å²) < 4.78 is 10.9. The van der Waals surface area contributed by atoms with Crippen LogP contribution in [0, 0.1) is 6.92 Å². The molecular weight excluding hydrogens is 212 g/mol. The zero-order valence-electron chi connectivity index (χ0n) is 9.72. The first-order valence-corrected chi connectivity index (χ1v) is 5.40. The Morgan fingerprint density at radius 1 is 0.941 bits per heavy atom. The molecule has 0 atom stereocenters. The molecule has 0 bridgehead atoms. The fraction of sp³-hybridized carbons (Fsp3) is 0.0667. The number of aryl methyl sites for hydroxylation is 1. The van der Waals surface area contributed by atoms with E-state index in [2.05, 4.69) is 6.58 Å². The highest BCUT2D eigenvalue weighted by Gasteiger charge is 1.98. The summed E-state index contributed by atoms with van der Waals surface area (Å²) in [7, 11) is 0. The molecule has 0 unspecified atom stereocenters. The predicted molar refractivity (Wildman–Crippen MR) is 68.5 cm³/mol. The SMILES string of the molecule is C=COc1cccc(Oc2ccc(C)cc2)c1. The van der Waals surface area contributed by atoms with Crippen molar-refractivity contribution in [3.8, 4) is 17.2 Å². The van der Waals surface area contributed by atoms with Crippen LogP contribution in [0.25, 0.3) is 0 Å². The third-order valence-corrected chi connectivity index (χ3v) is 2.28. The van der Waals surface area contributed by atoms with Gasteiger partial charge in [0.1, 0.15) is 17.2 Å². The molecule has 0 fully saturated rings. The molecule has 17 heavy (non-hydrogen) atoms. The number of hydrogen-bond donors (Lipinski definition) is 0. The zero-order chi connectivity index (χ0) is 12.1. The summed E-state index contributed by atoms with van der Waals surface area (Å²) in [6.07, 6.45) is 1.39. The van der Waals surface area contributed by atoms with E-state index >= 15 is 0 Å². The molecule has 2 rings (SSSR count). The average molecular weight is 226 g/mol. The summed E-state index contributed by atoms with van der Waals surface area (Å²) in [6.45, 7) is 5.56. The Bertz CT molecular complexity index is 501. The van der Waals surface area contributed by atoms with Gasteiger partial charge in [0.15, 0.2) is 0 Å². The van der Waals surface area contributed by atoms with Gasteiger partial charge in [0.2, 0.25) is 0 Å². The minimum absolute atomic E-state index is 0.713. The van der Waals surface area contributed by atoms with Gasteiger partial charge < -0.3 is 9.47 Å². The van der Waals surface area contributed by atoms with E-state index in [1.807, 2.05) is 55.5 Å². The van der Waals surface area contributed by atoms with Crippen LogP contribution in [0.3, 0.4) is 0 Å². The molecule has 0 spiro atoms. The van der Waals surface area contributed by atoms with E-state index < -0.39 is 0 Å². The van der Waals surface area contributed by atoms with Gasteiger partial charge in [0.25, 0.3) is 0 Å². The van der Waals surface area contributed by atoms with Gasteiger partial charge in [-0.15, -0.1) is 0 Å². The molecular formula is C15H14O2. The molecule has 0 aliphatic rings. The highest BCUT2D eigenvalue weighted by Crippen LogP contribution is 2.25. The molecule has 0 aliphatic carbocycles. The normalized spacial score (nSPS) is 9.71. The summed E-state index contributed by atoms with van der Waals surface area (Å²) in [5.74, 6) is 2.27. The number of benzene rings is 2. The van der Waals surface area contributed by atoms with E-state index in [1.165, 1.54) is 11.8 Å². The molecule has 2 aromatic rings. The lowest BCUT2D eigenvalue weighted by atomic mass is 10.2. The van der Waals surface area contributed by atoms with Gasteiger partial charge in [-0.3, -0.25) is 0 Å². The average Bonchev–Trinajstić information content (AvgIpc) is 2.33. The van der Waals surface area contributed by atoms with Crippen molar-refractivity contribution in [2.75, 3.05) is 0 Å². The lowest BCUT2D eigenvalue weighted by Gasteiger charge is -2.07. The van der Waals surface area contributed by atoms with Gasteiger partial charge in [0.05, 0.1) is 6.26 Å². The number of ether oxygens (including phenoxy) is 2. The van der Waals surface area contributed by atoms with Gasteiger partial charge >= 0.3 is 0 Å². The second kappa shape index (κ2) is 5.21. The monoisotopic (exact) mass is 226 g/mol. The third-order valence-electron chi connectivity index (χ3n) is 2.28. The summed E-state index contributed by atoms with van der Waals surface area (Å²) in [5.41, 5.74) is 1.21. The lowest BCUT2D eigenvalue weighted by Crippen LogP contribution is -1.86.